The van der Waals surface area contributed by atoms with E-state index in [1.807, 2.05) is 0 Å². The molecule has 0 aromatic heterocycles. The summed E-state index contributed by atoms with van der Waals surface area (Å²) in [5.41, 5.74) is 1.24. The van der Waals surface area contributed by atoms with Crippen molar-refractivity contribution in [3.8, 4) is 11.5 Å². The molecule has 0 aliphatic carbocycles. The number of rotatable bonds is 5. The molecule has 2 aliphatic heterocycles. The minimum atomic E-state index is -0.340. The highest BCUT2D eigenvalue weighted by molar-refractivity contribution is 6.07. The predicted octanol–water partition coefficient (Wildman–Crippen LogP) is 2.46. The zero-order valence-corrected chi connectivity index (χ0v) is 19.5. The summed E-state index contributed by atoms with van der Waals surface area (Å²) in [6.07, 6.45) is 1.12. The van der Waals surface area contributed by atoms with Crippen LogP contribution in [0.15, 0.2) is 42.5 Å². The summed E-state index contributed by atoms with van der Waals surface area (Å²) in [4.78, 5) is 39.6. The van der Waals surface area contributed by atoms with Crippen molar-refractivity contribution in [3.05, 3.63) is 53.6 Å². The minimum absolute atomic E-state index is 0.0762. The summed E-state index contributed by atoms with van der Waals surface area (Å²) in [5.74, 6) is 0.248. The Labute approximate surface area is 198 Å². The predicted molar refractivity (Wildman–Crippen MR) is 125 cm³/mol. The van der Waals surface area contributed by atoms with E-state index >= 15 is 0 Å². The molecule has 9 heteroatoms. The van der Waals surface area contributed by atoms with Crippen molar-refractivity contribution in [2.24, 2.45) is 0 Å². The first-order chi connectivity index (χ1) is 16.4. The lowest BCUT2D eigenvalue weighted by molar-refractivity contribution is -0.133. The van der Waals surface area contributed by atoms with Crippen LogP contribution >= 0.6 is 0 Å². The zero-order valence-electron chi connectivity index (χ0n) is 19.5. The molecule has 2 aromatic carbocycles. The molecule has 34 heavy (non-hydrogen) atoms. The lowest BCUT2D eigenvalue weighted by Gasteiger charge is -2.42. The number of carbonyl (C=O) groups is 3. The molecule has 1 fully saturated rings. The van der Waals surface area contributed by atoms with Gasteiger partial charge in [-0.2, -0.15) is 0 Å². The van der Waals surface area contributed by atoms with Crippen LogP contribution in [0, 0.1) is 0 Å². The minimum Gasteiger partial charge on any atom is -0.496 e. The third kappa shape index (κ3) is 4.84. The van der Waals surface area contributed by atoms with Gasteiger partial charge in [0.25, 0.3) is 11.8 Å². The Morgan fingerprint density at radius 2 is 1.97 bits per heavy atom. The molecular formula is C25H29N3O6. The molecule has 9 nitrogen and oxygen atoms in total. The van der Waals surface area contributed by atoms with Gasteiger partial charge in [-0.1, -0.05) is 12.1 Å². The van der Waals surface area contributed by atoms with Gasteiger partial charge in [0.2, 0.25) is 5.91 Å². The van der Waals surface area contributed by atoms with Crippen molar-refractivity contribution in [1.29, 1.82) is 0 Å². The normalized spacial score (nSPS) is 21.8. The number of likely N-dealkylation sites (N-methyl/N-ethyl adjacent to an activating group) is 1. The molecule has 2 heterocycles. The molecule has 0 saturated carbocycles. The van der Waals surface area contributed by atoms with E-state index in [2.05, 4.69) is 10.6 Å². The van der Waals surface area contributed by atoms with Crippen LogP contribution in [-0.2, 0) is 9.53 Å². The van der Waals surface area contributed by atoms with Gasteiger partial charge in [-0.15, -0.1) is 0 Å². The van der Waals surface area contributed by atoms with Crippen LogP contribution in [0.1, 0.15) is 40.0 Å². The molecule has 0 spiro atoms. The number of methoxy groups -OCH3 is 1. The molecule has 1 saturated heterocycles. The number of para-hydroxylation sites is 1. The third-order valence-corrected chi connectivity index (χ3v) is 6.31. The first-order valence-corrected chi connectivity index (χ1v) is 11.3. The van der Waals surface area contributed by atoms with Crippen LogP contribution in [0.5, 0.6) is 11.5 Å². The van der Waals surface area contributed by atoms with Gasteiger partial charge in [0.15, 0.2) is 0 Å². The van der Waals surface area contributed by atoms with Crippen molar-refractivity contribution in [2.45, 2.75) is 37.5 Å². The molecule has 3 amide bonds. The topological polar surface area (TPSA) is 106 Å². The smallest absolute Gasteiger partial charge is 0.259 e. The number of nitrogens with zero attached hydrogens (tertiary/aromatic N) is 1. The van der Waals surface area contributed by atoms with E-state index in [9.17, 15) is 14.4 Å². The number of benzene rings is 2. The maximum atomic E-state index is 13.4. The molecule has 0 unspecified atom stereocenters. The molecule has 3 atom stereocenters. The fraction of sp³-hybridized carbons (Fsp3) is 0.400. The Morgan fingerprint density at radius 3 is 2.74 bits per heavy atom. The van der Waals surface area contributed by atoms with Crippen molar-refractivity contribution >= 4 is 23.4 Å². The Balaban J connectivity index is 1.53. The first kappa shape index (κ1) is 23.6. The Bertz CT molecular complexity index is 1090. The molecule has 180 valence electrons. The monoisotopic (exact) mass is 467 g/mol. The van der Waals surface area contributed by atoms with E-state index in [0.29, 0.717) is 41.2 Å². The molecule has 2 aromatic rings. The molecule has 0 bridgehead atoms. The van der Waals surface area contributed by atoms with Crippen molar-refractivity contribution in [2.75, 3.05) is 33.1 Å². The highest BCUT2D eigenvalue weighted by Crippen LogP contribution is 2.32. The average molecular weight is 468 g/mol. The number of nitrogens with one attached hydrogen (secondary N) is 2. The SMILES string of the molecule is CNC(=O)C[C@@H]1CC[C@H]2[C@@H](COc3ccc(NC(=O)c4ccccc4OC)cc3C(=O)N2C)O1. The average Bonchev–Trinajstić information content (AvgIpc) is 2.86. The van der Waals surface area contributed by atoms with Gasteiger partial charge in [-0.25, -0.2) is 0 Å². The van der Waals surface area contributed by atoms with Crippen LogP contribution in [0.4, 0.5) is 5.69 Å². The second-order valence-electron chi connectivity index (χ2n) is 8.41. The number of carbonyl (C=O) groups excluding carboxylic acids is 3. The fourth-order valence-corrected chi connectivity index (χ4v) is 4.44. The number of hydrogen-bond acceptors (Lipinski definition) is 6. The van der Waals surface area contributed by atoms with Crippen LogP contribution in [0.25, 0.3) is 0 Å². The molecule has 4 rings (SSSR count). The maximum absolute atomic E-state index is 13.4. The van der Waals surface area contributed by atoms with E-state index in [1.165, 1.54) is 7.11 Å². The third-order valence-electron chi connectivity index (χ3n) is 6.31. The van der Waals surface area contributed by atoms with E-state index in [4.69, 9.17) is 14.2 Å². The summed E-state index contributed by atoms with van der Waals surface area (Å²) < 4.78 is 17.4. The maximum Gasteiger partial charge on any atom is 0.259 e. The van der Waals surface area contributed by atoms with E-state index in [0.717, 1.165) is 0 Å². The van der Waals surface area contributed by atoms with Crippen molar-refractivity contribution in [1.82, 2.24) is 10.2 Å². The lowest BCUT2D eigenvalue weighted by atomic mass is 9.94. The van der Waals surface area contributed by atoms with Gasteiger partial charge in [0.05, 0.1) is 36.8 Å². The molecule has 0 radical (unpaired) electrons. The van der Waals surface area contributed by atoms with Gasteiger partial charge >= 0.3 is 0 Å². The fourth-order valence-electron chi connectivity index (χ4n) is 4.44. The van der Waals surface area contributed by atoms with Crippen molar-refractivity contribution < 1.29 is 28.6 Å². The van der Waals surface area contributed by atoms with Crippen LogP contribution < -0.4 is 20.1 Å². The summed E-state index contributed by atoms with van der Waals surface area (Å²) in [6, 6.07) is 11.7. The van der Waals surface area contributed by atoms with Gasteiger partial charge in [0.1, 0.15) is 24.2 Å². The molecular weight excluding hydrogens is 438 g/mol. The quantitative estimate of drug-likeness (QED) is 0.700. The lowest BCUT2D eigenvalue weighted by Crippen LogP contribution is -2.53. The summed E-state index contributed by atoms with van der Waals surface area (Å²) in [6.45, 7) is 0.256. The zero-order chi connectivity index (χ0) is 24.2. The number of anilines is 1. The largest absolute Gasteiger partial charge is 0.496 e. The van der Waals surface area contributed by atoms with Crippen LogP contribution in [-0.4, -0.2) is 68.7 Å². The number of ether oxygens (including phenoxy) is 3. The van der Waals surface area contributed by atoms with E-state index in [1.54, 1.807) is 61.5 Å². The number of fused-ring (bicyclic) bond motifs is 2. The van der Waals surface area contributed by atoms with Crippen LogP contribution in [0.2, 0.25) is 0 Å². The molecule has 2 aliphatic rings. The summed E-state index contributed by atoms with van der Waals surface area (Å²) in [7, 11) is 4.85. The first-order valence-electron chi connectivity index (χ1n) is 11.3. The van der Waals surface area contributed by atoms with E-state index < -0.39 is 0 Å². The number of hydrogen-bond donors (Lipinski definition) is 2. The summed E-state index contributed by atoms with van der Waals surface area (Å²) in [5, 5.41) is 5.45. The summed E-state index contributed by atoms with van der Waals surface area (Å²) >= 11 is 0. The Morgan fingerprint density at radius 1 is 1.18 bits per heavy atom. The van der Waals surface area contributed by atoms with Crippen molar-refractivity contribution in [3.63, 3.8) is 0 Å². The highest BCUT2D eigenvalue weighted by Gasteiger charge is 2.39. The Kier molecular flexibility index (Phi) is 7.02. The Hall–Kier alpha value is -3.59. The van der Waals surface area contributed by atoms with Gasteiger partial charge < -0.3 is 29.7 Å². The second-order valence-corrected chi connectivity index (χ2v) is 8.41. The van der Waals surface area contributed by atoms with Gasteiger partial charge in [0, 0.05) is 19.8 Å². The second kappa shape index (κ2) is 10.1. The highest BCUT2D eigenvalue weighted by atomic mass is 16.5. The van der Waals surface area contributed by atoms with Gasteiger partial charge in [-0.3, -0.25) is 14.4 Å². The molecule has 2 N–H and O–H groups in total. The standard InChI is InChI=1S/C25H29N3O6/c1-26-23(29)13-16-9-10-19-22(34-16)14-33-21-11-8-15(12-18(21)25(31)28(19)2)27-24(30)17-6-4-5-7-20(17)32-3/h4-8,11-12,16,19,22H,9-10,13-14H2,1-3H3,(H,26,29)(H,27,30)/t16-,19-,22+/m0/s1. The van der Waals surface area contributed by atoms with E-state index in [-0.39, 0.29) is 49.0 Å². The van der Waals surface area contributed by atoms with Crippen LogP contribution in [0.3, 0.4) is 0 Å². The number of amides is 3. The van der Waals surface area contributed by atoms with Gasteiger partial charge in [-0.05, 0) is 43.2 Å².